The van der Waals surface area contributed by atoms with Gasteiger partial charge in [-0.3, -0.25) is 4.79 Å². The molecular formula is C19H25ClFN5O4S. The first-order valence-electron chi connectivity index (χ1n) is 9.65. The number of H-pyrrole nitrogens is 1. The molecule has 2 atom stereocenters. The number of halogens is 2. The van der Waals surface area contributed by atoms with Crippen molar-refractivity contribution in [1.29, 1.82) is 0 Å². The molecule has 3 rings (SSSR count). The number of aromatic amines is 1. The Bertz CT molecular complexity index is 1040. The van der Waals surface area contributed by atoms with Gasteiger partial charge in [-0.05, 0) is 34.1 Å². The molecule has 12 heteroatoms. The van der Waals surface area contributed by atoms with E-state index in [0.29, 0.717) is 13.1 Å². The summed E-state index contributed by atoms with van der Waals surface area (Å²) in [6, 6.07) is -0.0609. The summed E-state index contributed by atoms with van der Waals surface area (Å²) in [6.45, 7) is 6.37. The Hall–Kier alpha value is -2.11. The molecule has 2 N–H and O–H groups in total. The Morgan fingerprint density at radius 3 is 2.71 bits per heavy atom. The number of likely N-dealkylation sites (tertiary alicyclic amines) is 1. The Labute approximate surface area is 188 Å². The van der Waals surface area contributed by atoms with Crippen molar-refractivity contribution in [2.75, 3.05) is 33.0 Å². The van der Waals surface area contributed by atoms with Gasteiger partial charge in [-0.15, -0.1) is 0 Å². The summed E-state index contributed by atoms with van der Waals surface area (Å²) in [4.78, 5) is 37.1. The highest BCUT2D eigenvalue weighted by Crippen LogP contribution is 2.29. The number of thioether (sulfide) groups is 1. The molecule has 31 heavy (non-hydrogen) atoms. The lowest BCUT2D eigenvalue weighted by Gasteiger charge is -2.24. The van der Waals surface area contributed by atoms with E-state index in [1.807, 2.05) is 0 Å². The standard InChI is InChI=1S/C19H25ClFN5O4S/c1-19(2,3)30-18(28)26-6-9(10(7-26)22-4)8-29-16-11-13(12(21)14(20)24-16)23-17(31-5)25-15(11)27/h9-10,22H,6-8H2,1-5H3,(H,23,25,27). The van der Waals surface area contributed by atoms with Crippen LogP contribution in [0, 0.1) is 11.7 Å². The van der Waals surface area contributed by atoms with Crippen LogP contribution in [-0.2, 0) is 4.74 Å². The van der Waals surface area contributed by atoms with Gasteiger partial charge in [0, 0.05) is 25.0 Å². The van der Waals surface area contributed by atoms with E-state index in [-0.39, 0.29) is 40.5 Å². The number of carbonyl (C=O) groups is 1. The molecule has 1 aliphatic rings. The average molecular weight is 474 g/mol. The summed E-state index contributed by atoms with van der Waals surface area (Å²) in [5.74, 6) is -1.10. The second-order valence-corrected chi connectivity index (χ2v) is 9.33. The van der Waals surface area contributed by atoms with Crippen molar-refractivity contribution in [3.63, 3.8) is 0 Å². The Kier molecular flexibility index (Phi) is 6.97. The van der Waals surface area contributed by atoms with Crippen molar-refractivity contribution in [3.05, 3.63) is 21.3 Å². The molecule has 170 valence electrons. The molecule has 0 aromatic carbocycles. The van der Waals surface area contributed by atoms with Gasteiger partial charge in [-0.1, -0.05) is 23.4 Å². The first kappa shape index (κ1) is 23.6. The number of amides is 1. The lowest BCUT2D eigenvalue weighted by atomic mass is 10.1. The van der Waals surface area contributed by atoms with Crippen LogP contribution in [0.15, 0.2) is 9.95 Å². The second kappa shape index (κ2) is 9.17. The van der Waals surface area contributed by atoms with Crippen LogP contribution in [0.4, 0.5) is 9.18 Å². The van der Waals surface area contributed by atoms with Crippen molar-refractivity contribution < 1.29 is 18.7 Å². The molecule has 3 heterocycles. The molecule has 2 aromatic heterocycles. The minimum atomic E-state index is -0.879. The third kappa shape index (κ3) is 5.21. The fourth-order valence-electron chi connectivity index (χ4n) is 3.33. The molecule has 1 amide bonds. The maximum Gasteiger partial charge on any atom is 0.410 e. The summed E-state index contributed by atoms with van der Waals surface area (Å²) in [7, 11) is 1.79. The van der Waals surface area contributed by atoms with Crippen LogP contribution in [-0.4, -0.2) is 70.6 Å². The summed E-state index contributed by atoms with van der Waals surface area (Å²) in [6.07, 6.45) is 1.30. The maximum atomic E-state index is 14.5. The van der Waals surface area contributed by atoms with Gasteiger partial charge in [-0.25, -0.2) is 14.2 Å². The number of hydrogen-bond acceptors (Lipinski definition) is 8. The molecule has 2 unspecified atom stereocenters. The van der Waals surface area contributed by atoms with Crippen molar-refractivity contribution in [2.45, 2.75) is 37.6 Å². The average Bonchev–Trinajstić information content (AvgIpc) is 3.11. The van der Waals surface area contributed by atoms with E-state index in [9.17, 15) is 14.0 Å². The van der Waals surface area contributed by atoms with Crippen LogP contribution in [0.3, 0.4) is 0 Å². The third-order valence-electron chi connectivity index (χ3n) is 4.79. The van der Waals surface area contributed by atoms with E-state index in [0.717, 1.165) is 0 Å². The van der Waals surface area contributed by atoms with E-state index in [1.165, 1.54) is 11.8 Å². The largest absolute Gasteiger partial charge is 0.477 e. The van der Waals surface area contributed by atoms with Crippen LogP contribution in [0.2, 0.25) is 5.15 Å². The van der Waals surface area contributed by atoms with E-state index in [2.05, 4.69) is 20.3 Å². The molecule has 1 fully saturated rings. The molecule has 1 saturated heterocycles. The van der Waals surface area contributed by atoms with Gasteiger partial charge in [0.15, 0.2) is 16.1 Å². The molecule has 2 aromatic rings. The van der Waals surface area contributed by atoms with Crippen molar-refractivity contribution >= 4 is 40.4 Å². The number of carbonyl (C=O) groups excluding carboxylic acids is 1. The molecule has 9 nitrogen and oxygen atoms in total. The van der Waals surface area contributed by atoms with Gasteiger partial charge in [0.25, 0.3) is 5.56 Å². The maximum absolute atomic E-state index is 14.5. The zero-order valence-electron chi connectivity index (χ0n) is 17.9. The van der Waals surface area contributed by atoms with Crippen LogP contribution in [0.5, 0.6) is 5.88 Å². The highest BCUT2D eigenvalue weighted by molar-refractivity contribution is 7.98. The quantitative estimate of drug-likeness (QED) is 0.387. The monoisotopic (exact) mass is 473 g/mol. The lowest BCUT2D eigenvalue weighted by molar-refractivity contribution is 0.0283. The predicted octanol–water partition coefficient (Wildman–Crippen LogP) is 2.67. The molecule has 0 bridgehead atoms. The number of fused-ring (bicyclic) bond motifs is 1. The molecular weight excluding hydrogens is 449 g/mol. The van der Waals surface area contributed by atoms with E-state index in [4.69, 9.17) is 21.1 Å². The number of nitrogens with zero attached hydrogens (tertiary/aromatic N) is 3. The van der Waals surface area contributed by atoms with Crippen LogP contribution in [0.1, 0.15) is 20.8 Å². The smallest absolute Gasteiger partial charge is 0.410 e. The van der Waals surface area contributed by atoms with Gasteiger partial charge in [0.1, 0.15) is 16.5 Å². The molecule has 0 aliphatic carbocycles. The summed E-state index contributed by atoms with van der Waals surface area (Å²) in [5, 5.41) is 2.88. The summed E-state index contributed by atoms with van der Waals surface area (Å²) >= 11 is 7.08. The second-order valence-electron chi connectivity index (χ2n) is 8.17. The van der Waals surface area contributed by atoms with E-state index < -0.39 is 28.2 Å². The summed E-state index contributed by atoms with van der Waals surface area (Å²) < 4.78 is 25.7. The van der Waals surface area contributed by atoms with Crippen LogP contribution >= 0.6 is 23.4 Å². The van der Waals surface area contributed by atoms with Gasteiger partial charge in [0.2, 0.25) is 5.88 Å². The highest BCUT2D eigenvalue weighted by atomic mass is 35.5. The van der Waals surface area contributed by atoms with Gasteiger partial charge in [0.05, 0.1) is 6.61 Å². The SMILES string of the molecule is CNC1CN(C(=O)OC(C)(C)C)CC1COc1nc(Cl)c(F)c2nc(SC)[nH]c(=O)c12. The fraction of sp³-hybridized carbons (Fsp3) is 0.579. The van der Waals surface area contributed by atoms with Crippen molar-refractivity contribution in [3.8, 4) is 5.88 Å². The number of ether oxygens (including phenoxy) is 2. The molecule has 1 aliphatic heterocycles. The number of likely N-dealkylation sites (N-methyl/N-ethyl adjacent to an activating group) is 1. The fourth-order valence-corrected chi connectivity index (χ4v) is 3.88. The minimum Gasteiger partial charge on any atom is -0.477 e. The van der Waals surface area contributed by atoms with Crippen LogP contribution in [0.25, 0.3) is 10.9 Å². The Morgan fingerprint density at radius 1 is 1.39 bits per heavy atom. The number of rotatable bonds is 5. The third-order valence-corrected chi connectivity index (χ3v) is 5.62. The predicted molar refractivity (Wildman–Crippen MR) is 117 cm³/mol. The number of nitrogens with one attached hydrogen (secondary N) is 2. The zero-order valence-corrected chi connectivity index (χ0v) is 19.5. The molecule has 0 radical (unpaired) electrons. The zero-order chi connectivity index (χ0) is 22.9. The molecule has 0 spiro atoms. The topological polar surface area (TPSA) is 109 Å². The van der Waals surface area contributed by atoms with Gasteiger partial charge >= 0.3 is 6.09 Å². The lowest BCUT2D eigenvalue weighted by Crippen LogP contribution is -2.38. The highest BCUT2D eigenvalue weighted by Gasteiger charge is 2.37. The van der Waals surface area contributed by atoms with Crippen molar-refractivity contribution in [2.24, 2.45) is 5.92 Å². The van der Waals surface area contributed by atoms with Gasteiger partial charge < -0.3 is 24.7 Å². The minimum absolute atomic E-state index is 0.0609. The van der Waals surface area contributed by atoms with Gasteiger partial charge in [-0.2, -0.15) is 4.98 Å². The Morgan fingerprint density at radius 2 is 2.10 bits per heavy atom. The first-order chi connectivity index (χ1) is 14.5. The van der Waals surface area contributed by atoms with Crippen molar-refractivity contribution in [1.82, 2.24) is 25.2 Å². The summed E-state index contributed by atoms with van der Waals surface area (Å²) in [5.41, 5.74) is -1.37. The molecule has 0 saturated carbocycles. The number of aromatic nitrogens is 3. The van der Waals surface area contributed by atoms with E-state index >= 15 is 0 Å². The number of hydrogen-bond donors (Lipinski definition) is 2. The first-order valence-corrected chi connectivity index (χ1v) is 11.2. The Balaban J connectivity index is 1.83. The van der Waals surface area contributed by atoms with Crippen LogP contribution < -0.4 is 15.6 Å². The number of pyridine rings is 1. The normalized spacial score (nSPS) is 19.1. The van der Waals surface area contributed by atoms with E-state index in [1.54, 1.807) is 39.0 Å².